The van der Waals surface area contributed by atoms with Crippen molar-refractivity contribution in [3.8, 4) is 0 Å². The molecule has 2 rings (SSSR count). The average Bonchev–Trinajstić information content (AvgIpc) is 2.89. The maximum absolute atomic E-state index is 11.4. The van der Waals surface area contributed by atoms with E-state index in [1.54, 1.807) is 16.7 Å². The number of hydrogen-bond donors (Lipinski definition) is 1. The first kappa shape index (κ1) is 13.5. The SMILES string of the molecule is CCC(c1nc(C(=O)OC)cs1)N1CCNCC1. The second-order valence-corrected chi connectivity index (χ2v) is 5.16. The highest BCUT2D eigenvalue weighted by molar-refractivity contribution is 7.09. The molecule has 0 bridgehead atoms. The van der Waals surface area contributed by atoms with Crippen molar-refractivity contribution in [2.45, 2.75) is 19.4 Å². The van der Waals surface area contributed by atoms with E-state index in [0.717, 1.165) is 37.6 Å². The lowest BCUT2D eigenvalue weighted by Gasteiger charge is -2.33. The van der Waals surface area contributed by atoms with E-state index in [9.17, 15) is 4.79 Å². The zero-order valence-electron chi connectivity index (χ0n) is 10.8. The molecule has 6 heteroatoms. The van der Waals surface area contributed by atoms with E-state index in [1.165, 1.54) is 7.11 Å². The summed E-state index contributed by atoms with van der Waals surface area (Å²) in [5, 5.41) is 6.14. The molecule has 1 N–H and O–H groups in total. The van der Waals surface area contributed by atoms with E-state index in [-0.39, 0.29) is 5.97 Å². The van der Waals surface area contributed by atoms with Crippen LogP contribution in [0, 0.1) is 0 Å². The number of aromatic nitrogens is 1. The lowest BCUT2D eigenvalue weighted by atomic mass is 10.2. The topological polar surface area (TPSA) is 54.5 Å². The van der Waals surface area contributed by atoms with Gasteiger partial charge in [-0.3, -0.25) is 4.90 Å². The number of rotatable bonds is 4. The fourth-order valence-corrected chi connectivity index (χ4v) is 3.23. The summed E-state index contributed by atoms with van der Waals surface area (Å²) in [6, 6.07) is 0.315. The predicted octanol–water partition coefficient (Wildman–Crippen LogP) is 1.29. The van der Waals surface area contributed by atoms with Crippen LogP contribution in [-0.4, -0.2) is 49.1 Å². The third-order valence-electron chi connectivity index (χ3n) is 3.18. The van der Waals surface area contributed by atoms with Crippen LogP contribution in [0.2, 0.25) is 0 Å². The molecule has 1 aliphatic rings. The normalized spacial score (nSPS) is 18.6. The van der Waals surface area contributed by atoms with Gasteiger partial charge in [0.2, 0.25) is 0 Å². The van der Waals surface area contributed by atoms with Gasteiger partial charge < -0.3 is 10.1 Å². The molecule has 100 valence electrons. The molecule has 1 aromatic rings. The average molecular weight is 269 g/mol. The summed E-state index contributed by atoms with van der Waals surface area (Å²) >= 11 is 1.55. The third kappa shape index (κ3) is 2.88. The van der Waals surface area contributed by atoms with Crippen LogP contribution < -0.4 is 5.32 Å². The number of nitrogens with zero attached hydrogens (tertiary/aromatic N) is 2. The Labute approximate surface area is 111 Å². The van der Waals surface area contributed by atoms with Crippen molar-refractivity contribution in [3.63, 3.8) is 0 Å². The second-order valence-electron chi connectivity index (χ2n) is 4.27. The van der Waals surface area contributed by atoms with E-state index in [0.29, 0.717) is 11.7 Å². The van der Waals surface area contributed by atoms with Crippen LogP contribution in [0.1, 0.15) is 34.9 Å². The Hall–Kier alpha value is -0.980. The van der Waals surface area contributed by atoms with Crippen LogP contribution >= 0.6 is 11.3 Å². The Morgan fingerprint density at radius 2 is 2.33 bits per heavy atom. The zero-order chi connectivity index (χ0) is 13.0. The van der Waals surface area contributed by atoms with Gasteiger partial charge in [0, 0.05) is 31.6 Å². The summed E-state index contributed by atoms with van der Waals surface area (Å²) in [7, 11) is 1.38. The summed E-state index contributed by atoms with van der Waals surface area (Å²) in [6.45, 7) is 6.26. The Morgan fingerprint density at radius 1 is 1.61 bits per heavy atom. The Kier molecular flexibility index (Phi) is 4.68. The number of methoxy groups -OCH3 is 1. The summed E-state index contributed by atoms with van der Waals surface area (Å²) in [5.41, 5.74) is 0.422. The van der Waals surface area contributed by atoms with Crippen molar-refractivity contribution in [2.24, 2.45) is 0 Å². The van der Waals surface area contributed by atoms with Gasteiger partial charge in [-0.2, -0.15) is 0 Å². The van der Waals surface area contributed by atoms with Gasteiger partial charge in [-0.15, -0.1) is 11.3 Å². The first-order valence-corrected chi connectivity index (χ1v) is 7.12. The summed E-state index contributed by atoms with van der Waals surface area (Å²) in [6.07, 6.45) is 1.01. The number of thiazole rings is 1. The van der Waals surface area contributed by atoms with Crippen molar-refractivity contribution in [1.29, 1.82) is 0 Å². The van der Waals surface area contributed by atoms with Gasteiger partial charge in [-0.25, -0.2) is 9.78 Å². The van der Waals surface area contributed by atoms with E-state index in [4.69, 9.17) is 4.74 Å². The molecule has 2 heterocycles. The van der Waals surface area contributed by atoms with E-state index in [2.05, 4.69) is 22.1 Å². The molecule has 1 saturated heterocycles. The quantitative estimate of drug-likeness (QED) is 0.835. The number of nitrogens with one attached hydrogen (secondary N) is 1. The van der Waals surface area contributed by atoms with E-state index >= 15 is 0 Å². The van der Waals surface area contributed by atoms with Gasteiger partial charge in [0.15, 0.2) is 5.69 Å². The second kappa shape index (κ2) is 6.26. The lowest BCUT2D eigenvalue weighted by molar-refractivity contribution is 0.0594. The minimum Gasteiger partial charge on any atom is -0.464 e. The highest BCUT2D eigenvalue weighted by Gasteiger charge is 2.24. The zero-order valence-corrected chi connectivity index (χ0v) is 11.6. The fourth-order valence-electron chi connectivity index (χ4n) is 2.22. The predicted molar refractivity (Wildman–Crippen MR) is 70.9 cm³/mol. The number of esters is 1. The van der Waals surface area contributed by atoms with Crippen molar-refractivity contribution < 1.29 is 9.53 Å². The molecule has 1 unspecified atom stereocenters. The molecule has 1 fully saturated rings. The fraction of sp³-hybridized carbons (Fsp3) is 0.667. The first-order chi connectivity index (χ1) is 8.76. The molecule has 0 aromatic carbocycles. The maximum atomic E-state index is 11.4. The highest BCUT2D eigenvalue weighted by atomic mass is 32.1. The van der Waals surface area contributed by atoms with Crippen LogP contribution in [0.25, 0.3) is 0 Å². The van der Waals surface area contributed by atoms with Crippen molar-refractivity contribution in [3.05, 3.63) is 16.1 Å². The molecule has 0 radical (unpaired) electrons. The molecule has 1 atom stereocenters. The lowest BCUT2D eigenvalue weighted by Crippen LogP contribution is -2.45. The number of carbonyl (C=O) groups excluding carboxylic acids is 1. The Bertz CT molecular complexity index is 402. The van der Waals surface area contributed by atoms with Gasteiger partial charge >= 0.3 is 5.97 Å². The van der Waals surface area contributed by atoms with Crippen LogP contribution in [0.5, 0.6) is 0 Å². The maximum Gasteiger partial charge on any atom is 0.357 e. The largest absolute Gasteiger partial charge is 0.464 e. The minimum absolute atomic E-state index is 0.315. The molecule has 0 aliphatic carbocycles. The van der Waals surface area contributed by atoms with Crippen molar-refractivity contribution in [2.75, 3.05) is 33.3 Å². The Morgan fingerprint density at radius 3 is 2.94 bits per heavy atom. The first-order valence-electron chi connectivity index (χ1n) is 6.24. The molecular formula is C12H19N3O2S. The smallest absolute Gasteiger partial charge is 0.357 e. The van der Waals surface area contributed by atoms with Gasteiger partial charge in [0.25, 0.3) is 0 Å². The van der Waals surface area contributed by atoms with Crippen LogP contribution in [0.3, 0.4) is 0 Å². The molecule has 0 amide bonds. The Balaban J connectivity index is 2.11. The minimum atomic E-state index is -0.354. The molecule has 5 nitrogen and oxygen atoms in total. The van der Waals surface area contributed by atoms with Crippen LogP contribution in [-0.2, 0) is 4.74 Å². The van der Waals surface area contributed by atoms with E-state index < -0.39 is 0 Å². The van der Waals surface area contributed by atoms with Crippen LogP contribution in [0.4, 0.5) is 0 Å². The third-order valence-corrected chi connectivity index (χ3v) is 4.13. The molecule has 18 heavy (non-hydrogen) atoms. The standard InChI is InChI=1S/C12H19N3O2S/c1-3-10(15-6-4-13-5-7-15)11-14-9(8-18-11)12(16)17-2/h8,10,13H,3-7H2,1-2H3. The van der Waals surface area contributed by atoms with E-state index in [1.807, 2.05) is 0 Å². The molecule has 1 aliphatic heterocycles. The monoisotopic (exact) mass is 269 g/mol. The molecule has 0 spiro atoms. The van der Waals surface area contributed by atoms with Crippen molar-refractivity contribution >= 4 is 17.3 Å². The summed E-state index contributed by atoms with van der Waals surface area (Å²) in [5.74, 6) is -0.354. The van der Waals surface area contributed by atoms with Gasteiger partial charge in [0.1, 0.15) is 5.01 Å². The number of ether oxygens (including phenoxy) is 1. The van der Waals surface area contributed by atoms with Gasteiger partial charge in [-0.1, -0.05) is 6.92 Å². The number of piperazine rings is 1. The number of hydrogen-bond acceptors (Lipinski definition) is 6. The van der Waals surface area contributed by atoms with Crippen molar-refractivity contribution in [1.82, 2.24) is 15.2 Å². The van der Waals surface area contributed by atoms with Gasteiger partial charge in [0.05, 0.1) is 13.2 Å². The van der Waals surface area contributed by atoms with Gasteiger partial charge in [-0.05, 0) is 6.42 Å². The molecule has 0 saturated carbocycles. The summed E-state index contributed by atoms with van der Waals surface area (Å²) in [4.78, 5) is 18.2. The summed E-state index contributed by atoms with van der Waals surface area (Å²) < 4.78 is 4.69. The molecular weight excluding hydrogens is 250 g/mol. The highest BCUT2D eigenvalue weighted by Crippen LogP contribution is 2.27. The molecule has 1 aromatic heterocycles. The van der Waals surface area contributed by atoms with Crippen LogP contribution in [0.15, 0.2) is 5.38 Å². The number of carbonyl (C=O) groups is 1.